The summed E-state index contributed by atoms with van der Waals surface area (Å²) in [4.78, 5) is 31.5. The van der Waals surface area contributed by atoms with Crippen LogP contribution in [0.2, 0.25) is 5.02 Å². The minimum Gasteiger partial charge on any atom is -0.363 e. The van der Waals surface area contributed by atoms with Gasteiger partial charge >= 0.3 is 6.03 Å². The normalized spacial score (nSPS) is 17.0. The molecule has 2 aromatic rings. The number of likely N-dealkylation sites (N-methyl/N-ethyl adjacent to an activating group) is 1. The SMILES string of the molecule is CN1C(=O)C(=NC(CCl)Nc2cccc(F)c2)N(c2ccccc2Cl)C1=O. The van der Waals surface area contributed by atoms with Gasteiger partial charge in [-0.2, -0.15) is 0 Å². The van der Waals surface area contributed by atoms with E-state index in [0.717, 1.165) is 9.80 Å². The number of halogens is 3. The quantitative estimate of drug-likeness (QED) is 0.601. The molecule has 1 saturated heterocycles. The van der Waals surface area contributed by atoms with Crippen molar-refractivity contribution in [1.82, 2.24) is 4.90 Å². The van der Waals surface area contributed by atoms with E-state index in [9.17, 15) is 14.0 Å². The van der Waals surface area contributed by atoms with Crippen LogP contribution in [0.15, 0.2) is 53.5 Å². The molecule has 3 amide bonds. The maximum atomic E-state index is 13.4. The number of nitrogens with one attached hydrogen (secondary N) is 1. The fourth-order valence-corrected chi connectivity index (χ4v) is 2.93. The molecule has 6 nitrogen and oxygen atoms in total. The fourth-order valence-electron chi connectivity index (χ4n) is 2.56. The number of para-hydroxylation sites is 1. The minimum absolute atomic E-state index is 0.0123. The zero-order valence-electron chi connectivity index (χ0n) is 14.2. The van der Waals surface area contributed by atoms with Gasteiger partial charge in [0.15, 0.2) is 0 Å². The lowest BCUT2D eigenvalue weighted by Crippen LogP contribution is -2.34. The molecule has 27 heavy (non-hydrogen) atoms. The standard InChI is InChI=1S/C18H15Cl2FN4O2/c1-24-17(26)16(25(18(24)27)14-8-3-2-7-13(14)20)23-15(10-19)22-12-6-4-5-11(21)9-12/h2-9,15,22H,10H2,1H3. The Balaban J connectivity index is 1.98. The van der Waals surface area contributed by atoms with Crippen molar-refractivity contribution in [2.45, 2.75) is 6.17 Å². The molecule has 1 aliphatic heterocycles. The Morgan fingerprint density at radius 3 is 2.59 bits per heavy atom. The summed E-state index contributed by atoms with van der Waals surface area (Å²) in [5.74, 6) is -1.14. The number of nitrogens with zero attached hydrogens (tertiary/aromatic N) is 3. The summed E-state index contributed by atoms with van der Waals surface area (Å²) >= 11 is 12.1. The Bertz CT molecular complexity index is 922. The number of hydrogen-bond donors (Lipinski definition) is 1. The zero-order valence-corrected chi connectivity index (χ0v) is 15.7. The molecule has 0 saturated carbocycles. The van der Waals surface area contributed by atoms with Gasteiger partial charge in [-0.05, 0) is 30.3 Å². The third-order valence-corrected chi connectivity index (χ3v) is 4.47. The van der Waals surface area contributed by atoms with Gasteiger partial charge in [0.25, 0.3) is 5.91 Å². The first-order valence-corrected chi connectivity index (χ1v) is 8.86. The van der Waals surface area contributed by atoms with E-state index in [2.05, 4.69) is 10.3 Å². The van der Waals surface area contributed by atoms with Crippen LogP contribution in [-0.2, 0) is 4.79 Å². The number of benzene rings is 2. The van der Waals surface area contributed by atoms with E-state index in [1.807, 2.05) is 0 Å². The van der Waals surface area contributed by atoms with E-state index in [1.165, 1.54) is 25.2 Å². The summed E-state index contributed by atoms with van der Waals surface area (Å²) in [6, 6.07) is 11.8. The first kappa shape index (κ1) is 19.1. The Morgan fingerprint density at radius 1 is 1.19 bits per heavy atom. The number of hydrogen-bond acceptors (Lipinski definition) is 4. The largest absolute Gasteiger partial charge is 0.363 e. The molecule has 0 aliphatic carbocycles. The topological polar surface area (TPSA) is 65.0 Å². The van der Waals surface area contributed by atoms with Crippen LogP contribution in [-0.4, -0.2) is 41.8 Å². The van der Waals surface area contributed by atoms with Gasteiger partial charge in [-0.25, -0.2) is 19.1 Å². The Hall–Kier alpha value is -2.64. The number of anilines is 2. The second-order valence-corrected chi connectivity index (χ2v) is 6.43. The smallest absolute Gasteiger partial charge is 0.337 e. The van der Waals surface area contributed by atoms with E-state index < -0.39 is 23.9 Å². The molecule has 3 rings (SSSR count). The predicted octanol–water partition coefficient (Wildman–Crippen LogP) is 3.95. The monoisotopic (exact) mass is 408 g/mol. The molecule has 1 N–H and O–H groups in total. The summed E-state index contributed by atoms with van der Waals surface area (Å²) in [7, 11) is 1.35. The van der Waals surface area contributed by atoms with Gasteiger partial charge in [0, 0.05) is 12.7 Å². The Morgan fingerprint density at radius 2 is 1.93 bits per heavy atom. The highest BCUT2D eigenvalue weighted by Gasteiger charge is 2.42. The van der Waals surface area contributed by atoms with Crippen LogP contribution < -0.4 is 10.2 Å². The number of amidine groups is 1. The zero-order chi connectivity index (χ0) is 19.6. The third kappa shape index (κ3) is 3.89. The highest BCUT2D eigenvalue weighted by Crippen LogP contribution is 2.29. The van der Waals surface area contributed by atoms with E-state index in [4.69, 9.17) is 23.2 Å². The third-order valence-electron chi connectivity index (χ3n) is 3.86. The summed E-state index contributed by atoms with van der Waals surface area (Å²) in [5, 5.41) is 3.23. The van der Waals surface area contributed by atoms with Crippen LogP contribution in [0.25, 0.3) is 0 Å². The lowest BCUT2D eigenvalue weighted by atomic mass is 10.3. The number of rotatable bonds is 5. The number of carbonyl (C=O) groups excluding carboxylic acids is 2. The number of imide groups is 1. The molecule has 1 heterocycles. The van der Waals surface area contributed by atoms with Crippen molar-refractivity contribution < 1.29 is 14.0 Å². The maximum Gasteiger partial charge on any atom is 0.337 e. The fraction of sp³-hybridized carbons (Fsp3) is 0.167. The number of amides is 3. The van der Waals surface area contributed by atoms with E-state index >= 15 is 0 Å². The molecule has 1 unspecified atom stereocenters. The molecule has 1 fully saturated rings. The second-order valence-electron chi connectivity index (χ2n) is 5.71. The number of urea groups is 1. The van der Waals surface area contributed by atoms with Crippen LogP contribution in [0.3, 0.4) is 0 Å². The van der Waals surface area contributed by atoms with Gasteiger partial charge in [0.1, 0.15) is 12.0 Å². The molecule has 0 bridgehead atoms. The second kappa shape index (κ2) is 7.94. The van der Waals surface area contributed by atoms with Gasteiger partial charge in [0.05, 0.1) is 16.6 Å². The highest BCUT2D eigenvalue weighted by atomic mass is 35.5. The average Bonchev–Trinajstić information content (AvgIpc) is 2.86. The highest BCUT2D eigenvalue weighted by molar-refractivity contribution is 6.55. The van der Waals surface area contributed by atoms with Gasteiger partial charge in [-0.15, -0.1) is 11.6 Å². The van der Waals surface area contributed by atoms with Crippen molar-refractivity contribution >= 4 is 52.4 Å². The molecular formula is C18H15Cl2FN4O2. The van der Waals surface area contributed by atoms with E-state index in [1.54, 1.807) is 30.3 Å². The Labute approximate surface area is 165 Å². The lowest BCUT2D eigenvalue weighted by Gasteiger charge is -2.19. The van der Waals surface area contributed by atoms with Crippen LogP contribution in [0.4, 0.5) is 20.6 Å². The van der Waals surface area contributed by atoms with Crippen molar-refractivity contribution in [3.05, 3.63) is 59.4 Å². The van der Waals surface area contributed by atoms with Crippen molar-refractivity contribution in [2.75, 3.05) is 23.1 Å². The van der Waals surface area contributed by atoms with Gasteiger partial charge in [-0.3, -0.25) is 9.69 Å². The molecule has 0 aromatic heterocycles. The van der Waals surface area contributed by atoms with Crippen LogP contribution in [0, 0.1) is 5.82 Å². The lowest BCUT2D eigenvalue weighted by molar-refractivity contribution is -0.119. The van der Waals surface area contributed by atoms with E-state index in [0.29, 0.717) is 16.4 Å². The minimum atomic E-state index is -0.767. The van der Waals surface area contributed by atoms with Gasteiger partial charge < -0.3 is 5.32 Å². The van der Waals surface area contributed by atoms with Crippen LogP contribution in [0.5, 0.6) is 0 Å². The first-order valence-electron chi connectivity index (χ1n) is 7.95. The van der Waals surface area contributed by atoms with Gasteiger partial charge in [-0.1, -0.05) is 29.8 Å². The van der Waals surface area contributed by atoms with Gasteiger partial charge in [0.2, 0.25) is 5.84 Å². The van der Waals surface area contributed by atoms with Crippen molar-refractivity contribution in [1.29, 1.82) is 0 Å². The number of aliphatic imine (C=N–C) groups is 1. The molecule has 1 aliphatic rings. The molecule has 0 spiro atoms. The summed E-state index contributed by atoms with van der Waals surface area (Å²) in [6.07, 6.45) is -0.767. The average molecular weight is 409 g/mol. The molecule has 140 valence electrons. The van der Waals surface area contributed by atoms with Crippen LogP contribution >= 0.6 is 23.2 Å². The van der Waals surface area contributed by atoms with Crippen molar-refractivity contribution in [3.8, 4) is 0 Å². The molecule has 1 atom stereocenters. The molecule has 9 heteroatoms. The van der Waals surface area contributed by atoms with Crippen LogP contribution in [0.1, 0.15) is 0 Å². The molecule has 2 aromatic carbocycles. The van der Waals surface area contributed by atoms with E-state index in [-0.39, 0.29) is 11.7 Å². The summed E-state index contributed by atoms with van der Waals surface area (Å²) in [5.41, 5.74) is 0.777. The first-order chi connectivity index (χ1) is 12.9. The summed E-state index contributed by atoms with van der Waals surface area (Å²) in [6.45, 7) is 0. The Kier molecular flexibility index (Phi) is 5.62. The predicted molar refractivity (Wildman–Crippen MR) is 104 cm³/mol. The number of alkyl halides is 1. The summed E-state index contributed by atoms with van der Waals surface area (Å²) < 4.78 is 13.4. The van der Waals surface area contributed by atoms with Crippen molar-refractivity contribution in [2.24, 2.45) is 4.99 Å². The maximum absolute atomic E-state index is 13.4. The number of carbonyl (C=O) groups is 2. The van der Waals surface area contributed by atoms with Crippen molar-refractivity contribution in [3.63, 3.8) is 0 Å². The molecule has 0 radical (unpaired) electrons. The molecular weight excluding hydrogens is 394 g/mol.